The highest BCUT2D eigenvalue weighted by molar-refractivity contribution is 7.85. The molecule has 104 valence electrons. The fraction of sp³-hybridized carbons (Fsp3) is 0.0714. The van der Waals surface area contributed by atoms with Gasteiger partial charge < -0.3 is 0 Å². The lowest BCUT2D eigenvalue weighted by Crippen LogP contribution is -2.11. The van der Waals surface area contributed by atoms with Crippen molar-refractivity contribution >= 4 is 39.8 Å². The number of benzene rings is 2. The number of carbonyl (C=O) groups is 1. The summed E-state index contributed by atoms with van der Waals surface area (Å²) in [6, 6.07) is 10.1. The van der Waals surface area contributed by atoms with Gasteiger partial charge in [-0.2, -0.15) is 0 Å². The van der Waals surface area contributed by atoms with Crippen LogP contribution in [0.25, 0.3) is 0 Å². The van der Waals surface area contributed by atoms with Crippen LogP contribution in [0.2, 0.25) is 10.0 Å². The van der Waals surface area contributed by atoms with Gasteiger partial charge in [0.2, 0.25) is 0 Å². The third-order valence-electron chi connectivity index (χ3n) is 2.58. The van der Waals surface area contributed by atoms with E-state index < -0.39 is 16.6 Å². The van der Waals surface area contributed by atoms with Crippen LogP contribution in [0.4, 0.5) is 4.39 Å². The van der Waals surface area contributed by atoms with Gasteiger partial charge in [-0.25, -0.2) is 4.39 Å². The zero-order chi connectivity index (χ0) is 14.7. The summed E-state index contributed by atoms with van der Waals surface area (Å²) < 4.78 is 25.1. The molecular formula is C14H9Cl2FO2S. The Morgan fingerprint density at radius 2 is 1.75 bits per heavy atom. The molecule has 0 spiro atoms. The second-order valence-corrected chi connectivity index (χ2v) is 6.29. The third kappa shape index (κ3) is 3.66. The van der Waals surface area contributed by atoms with Crippen LogP contribution in [0, 0.1) is 5.82 Å². The zero-order valence-electron chi connectivity index (χ0n) is 10.1. The number of ketones is 1. The first kappa shape index (κ1) is 15.2. The van der Waals surface area contributed by atoms with Gasteiger partial charge in [0, 0.05) is 15.5 Å². The highest BCUT2D eigenvalue weighted by Crippen LogP contribution is 2.19. The van der Waals surface area contributed by atoms with Crippen molar-refractivity contribution in [2.24, 2.45) is 0 Å². The molecular weight excluding hydrogens is 322 g/mol. The van der Waals surface area contributed by atoms with Crippen LogP contribution in [0.1, 0.15) is 10.4 Å². The second-order valence-electron chi connectivity index (χ2n) is 4.00. The standard InChI is InChI=1S/C14H9Cl2FO2S/c15-10-3-1-9(2-4-10)14(18)8-20(19)11-5-6-13(17)12(16)7-11/h1-7H,8H2. The van der Waals surface area contributed by atoms with Crippen molar-refractivity contribution in [2.75, 3.05) is 5.75 Å². The number of carbonyl (C=O) groups excluding carboxylic acids is 1. The molecule has 0 bridgehead atoms. The van der Waals surface area contributed by atoms with Crippen molar-refractivity contribution in [3.05, 3.63) is 63.9 Å². The van der Waals surface area contributed by atoms with Gasteiger partial charge in [0.05, 0.1) is 21.6 Å². The van der Waals surface area contributed by atoms with Crippen LogP contribution in [-0.4, -0.2) is 15.7 Å². The first-order valence-corrected chi connectivity index (χ1v) is 7.67. The maximum Gasteiger partial charge on any atom is 0.175 e. The Kier molecular flexibility index (Phi) is 4.91. The van der Waals surface area contributed by atoms with Gasteiger partial charge >= 0.3 is 0 Å². The molecule has 2 rings (SSSR count). The molecule has 20 heavy (non-hydrogen) atoms. The van der Waals surface area contributed by atoms with Gasteiger partial charge in [0.15, 0.2) is 5.78 Å². The second kappa shape index (κ2) is 6.48. The normalized spacial score (nSPS) is 12.2. The SMILES string of the molecule is O=C(CS(=O)c1ccc(F)c(Cl)c1)c1ccc(Cl)cc1. The molecule has 0 aliphatic carbocycles. The molecule has 1 unspecified atom stereocenters. The van der Waals surface area contributed by atoms with Gasteiger partial charge in [-0.15, -0.1) is 0 Å². The largest absolute Gasteiger partial charge is 0.293 e. The fourth-order valence-electron chi connectivity index (χ4n) is 1.54. The van der Waals surface area contributed by atoms with Crippen LogP contribution >= 0.6 is 23.2 Å². The van der Waals surface area contributed by atoms with Gasteiger partial charge in [-0.1, -0.05) is 23.2 Å². The minimum absolute atomic E-state index is 0.116. The van der Waals surface area contributed by atoms with Gasteiger partial charge in [0.25, 0.3) is 0 Å². The first-order valence-electron chi connectivity index (χ1n) is 5.59. The van der Waals surface area contributed by atoms with Crippen LogP contribution in [0.15, 0.2) is 47.4 Å². The van der Waals surface area contributed by atoms with E-state index in [2.05, 4.69) is 0 Å². The average molecular weight is 331 g/mol. The number of rotatable bonds is 4. The van der Waals surface area contributed by atoms with E-state index in [0.717, 1.165) is 6.07 Å². The summed E-state index contributed by atoms with van der Waals surface area (Å²) >= 11 is 11.3. The molecule has 2 aromatic carbocycles. The summed E-state index contributed by atoms with van der Waals surface area (Å²) in [5, 5.41) is 0.405. The maximum absolute atomic E-state index is 13.0. The van der Waals surface area contributed by atoms with Gasteiger partial charge in [-0.05, 0) is 42.5 Å². The highest BCUT2D eigenvalue weighted by atomic mass is 35.5. The maximum atomic E-state index is 13.0. The predicted molar refractivity (Wildman–Crippen MR) is 78.5 cm³/mol. The Morgan fingerprint density at radius 1 is 1.10 bits per heavy atom. The van der Waals surface area contributed by atoms with E-state index in [1.165, 1.54) is 12.1 Å². The lowest BCUT2D eigenvalue weighted by molar-refractivity contribution is 0.102. The average Bonchev–Trinajstić information content (AvgIpc) is 2.42. The molecule has 1 atom stereocenters. The Bertz CT molecular complexity index is 671. The molecule has 0 amide bonds. The van der Waals surface area contributed by atoms with Crippen molar-refractivity contribution in [3.8, 4) is 0 Å². The van der Waals surface area contributed by atoms with E-state index in [-0.39, 0.29) is 16.6 Å². The molecule has 0 fully saturated rings. The number of Topliss-reactive ketones (excluding diaryl/α,β-unsaturated/α-hetero) is 1. The minimum Gasteiger partial charge on any atom is -0.293 e. The molecule has 2 nitrogen and oxygen atoms in total. The Hall–Kier alpha value is -1.23. The summed E-state index contributed by atoms with van der Waals surface area (Å²) in [6.45, 7) is 0. The zero-order valence-corrected chi connectivity index (χ0v) is 12.4. The Morgan fingerprint density at radius 3 is 2.35 bits per heavy atom. The highest BCUT2D eigenvalue weighted by Gasteiger charge is 2.13. The van der Waals surface area contributed by atoms with Crippen LogP contribution < -0.4 is 0 Å². The van der Waals surface area contributed by atoms with Crippen molar-refractivity contribution < 1.29 is 13.4 Å². The molecule has 0 N–H and O–H groups in total. The van der Waals surface area contributed by atoms with Crippen molar-refractivity contribution in [1.82, 2.24) is 0 Å². The van der Waals surface area contributed by atoms with E-state index in [1.807, 2.05) is 0 Å². The predicted octanol–water partition coefficient (Wildman–Crippen LogP) is 4.12. The minimum atomic E-state index is -1.57. The van der Waals surface area contributed by atoms with Crippen LogP contribution in [-0.2, 0) is 10.8 Å². The van der Waals surface area contributed by atoms with E-state index in [1.54, 1.807) is 24.3 Å². The molecule has 0 saturated carbocycles. The monoisotopic (exact) mass is 330 g/mol. The van der Waals surface area contributed by atoms with Gasteiger partial charge in [0.1, 0.15) is 5.82 Å². The Balaban J connectivity index is 2.13. The van der Waals surface area contributed by atoms with Crippen LogP contribution in [0.3, 0.4) is 0 Å². The van der Waals surface area contributed by atoms with Crippen LogP contribution in [0.5, 0.6) is 0 Å². The Labute approximate surface area is 128 Å². The molecule has 0 radical (unpaired) electrons. The summed E-state index contributed by atoms with van der Waals surface area (Å²) in [5.41, 5.74) is 0.427. The van der Waals surface area contributed by atoms with Crippen molar-refractivity contribution in [3.63, 3.8) is 0 Å². The molecule has 6 heteroatoms. The molecule has 0 aromatic heterocycles. The molecule has 2 aromatic rings. The number of hydrogen-bond donors (Lipinski definition) is 0. The van der Waals surface area contributed by atoms with Crippen molar-refractivity contribution in [1.29, 1.82) is 0 Å². The molecule has 0 aliphatic rings. The lowest BCUT2D eigenvalue weighted by Gasteiger charge is -2.03. The fourth-order valence-corrected chi connectivity index (χ4v) is 2.95. The smallest absolute Gasteiger partial charge is 0.175 e. The molecule has 0 heterocycles. The summed E-state index contributed by atoms with van der Waals surface area (Å²) in [4.78, 5) is 12.3. The van der Waals surface area contributed by atoms with E-state index in [4.69, 9.17) is 23.2 Å². The number of hydrogen-bond acceptors (Lipinski definition) is 2. The van der Waals surface area contributed by atoms with E-state index in [0.29, 0.717) is 15.5 Å². The summed E-state index contributed by atoms with van der Waals surface area (Å²) in [6.07, 6.45) is 0. The molecule has 0 aliphatic heterocycles. The quantitative estimate of drug-likeness (QED) is 0.790. The number of halogens is 3. The first-order chi connectivity index (χ1) is 9.47. The lowest BCUT2D eigenvalue weighted by atomic mass is 10.1. The summed E-state index contributed by atoms with van der Waals surface area (Å²) in [5.74, 6) is -1.05. The van der Waals surface area contributed by atoms with Gasteiger partial charge in [-0.3, -0.25) is 9.00 Å². The molecule has 0 saturated heterocycles. The van der Waals surface area contributed by atoms with Crippen molar-refractivity contribution in [2.45, 2.75) is 4.90 Å². The third-order valence-corrected chi connectivity index (χ3v) is 4.43. The van der Waals surface area contributed by atoms with E-state index in [9.17, 15) is 13.4 Å². The summed E-state index contributed by atoms with van der Waals surface area (Å²) in [7, 11) is -1.57. The topological polar surface area (TPSA) is 34.1 Å². The van der Waals surface area contributed by atoms with E-state index >= 15 is 0 Å².